The molecule has 0 saturated heterocycles. The highest BCUT2D eigenvalue weighted by atomic mass is 16.5. The van der Waals surface area contributed by atoms with Crippen molar-refractivity contribution in [1.82, 2.24) is 5.32 Å². The van der Waals surface area contributed by atoms with Crippen molar-refractivity contribution in [2.75, 3.05) is 13.7 Å². The van der Waals surface area contributed by atoms with E-state index in [4.69, 9.17) is 5.11 Å². The Labute approximate surface area is 118 Å². The molecule has 1 unspecified atom stereocenters. The third-order valence-corrected chi connectivity index (χ3v) is 2.91. The molecule has 110 valence electrons. The summed E-state index contributed by atoms with van der Waals surface area (Å²) in [6, 6.07) is 6.99. The van der Waals surface area contributed by atoms with Crippen LogP contribution in [0.3, 0.4) is 0 Å². The van der Waals surface area contributed by atoms with Gasteiger partial charge >= 0.3 is 5.97 Å². The van der Waals surface area contributed by atoms with Crippen molar-refractivity contribution in [2.45, 2.75) is 32.2 Å². The molecule has 1 amide bonds. The van der Waals surface area contributed by atoms with Crippen molar-refractivity contribution in [3.05, 3.63) is 35.4 Å². The largest absolute Gasteiger partial charge is 0.469 e. The summed E-state index contributed by atoms with van der Waals surface area (Å²) in [5, 5.41) is 11.6. The minimum absolute atomic E-state index is 0.0927. The molecule has 5 nitrogen and oxygen atoms in total. The average Bonchev–Trinajstić information content (AvgIpc) is 2.47. The van der Waals surface area contributed by atoms with E-state index in [1.807, 2.05) is 12.1 Å². The van der Waals surface area contributed by atoms with Gasteiger partial charge in [-0.3, -0.25) is 9.59 Å². The van der Waals surface area contributed by atoms with Crippen LogP contribution in [0.25, 0.3) is 0 Å². The number of nitrogens with one attached hydrogen (secondary N) is 1. The van der Waals surface area contributed by atoms with Gasteiger partial charge in [-0.15, -0.1) is 0 Å². The van der Waals surface area contributed by atoms with Crippen LogP contribution < -0.4 is 5.32 Å². The van der Waals surface area contributed by atoms with E-state index in [2.05, 4.69) is 10.1 Å². The quantitative estimate of drug-likeness (QED) is 0.738. The molecule has 2 N–H and O–H groups in total. The number of aryl methyl sites for hydroxylation is 1. The number of carbonyl (C=O) groups excluding carboxylic acids is 2. The monoisotopic (exact) mass is 279 g/mol. The number of esters is 1. The van der Waals surface area contributed by atoms with Crippen molar-refractivity contribution in [3.8, 4) is 0 Å². The summed E-state index contributed by atoms with van der Waals surface area (Å²) in [6.45, 7) is 1.64. The first-order chi connectivity index (χ1) is 9.56. The minimum atomic E-state index is -0.273. The Morgan fingerprint density at radius 3 is 2.80 bits per heavy atom. The molecule has 20 heavy (non-hydrogen) atoms. The molecule has 0 aromatic heterocycles. The van der Waals surface area contributed by atoms with E-state index in [9.17, 15) is 9.59 Å². The fourth-order valence-corrected chi connectivity index (χ4v) is 1.76. The Morgan fingerprint density at radius 1 is 1.40 bits per heavy atom. The molecule has 0 saturated carbocycles. The van der Waals surface area contributed by atoms with Crippen LogP contribution in [-0.2, 0) is 16.0 Å². The summed E-state index contributed by atoms with van der Waals surface area (Å²) in [5.41, 5.74) is 1.55. The highest BCUT2D eigenvalue weighted by molar-refractivity contribution is 5.94. The lowest BCUT2D eigenvalue weighted by Crippen LogP contribution is -2.34. The average molecular weight is 279 g/mol. The third kappa shape index (κ3) is 5.40. The van der Waals surface area contributed by atoms with Crippen LogP contribution in [0.2, 0.25) is 0 Å². The Kier molecular flexibility index (Phi) is 6.73. The Morgan fingerprint density at radius 2 is 2.15 bits per heavy atom. The Bertz CT molecular complexity index is 459. The molecular weight excluding hydrogens is 258 g/mol. The second kappa shape index (κ2) is 8.32. The third-order valence-electron chi connectivity index (χ3n) is 2.91. The molecule has 0 fully saturated rings. The number of aliphatic hydroxyl groups excluding tert-OH is 1. The van der Waals surface area contributed by atoms with Crippen molar-refractivity contribution < 1.29 is 19.4 Å². The molecule has 0 heterocycles. The first kappa shape index (κ1) is 16.2. The van der Waals surface area contributed by atoms with Crippen LogP contribution in [0.4, 0.5) is 0 Å². The van der Waals surface area contributed by atoms with E-state index in [0.717, 1.165) is 5.56 Å². The minimum Gasteiger partial charge on any atom is -0.469 e. The van der Waals surface area contributed by atoms with Crippen LogP contribution >= 0.6 is 0 Å². The van der Waals surface area contributed by atoms with E-state index in [1.54, 1.807) is 19.1 Å². The molecule has 5 heteroatoms. The molecule has 1 rings (SSSR count). The zero-order valence-electron chi connectivity index (χ0n) is 11.9. The van der Waals surface area contributed by atoms with Gasteiger partial charge in [0.2, 0.25) is 0 Å². The number of rotatable bonds is 7. The van der Waals surface area contributed by atoms with Gasteiger partial charge < -0.3 is 15.2 Å². The lowest BCUT2D eigenvalue weighted by Gasteiger charge is -2.11. The number of methoxy groups -OCH3 is 1. The molecule has 1 atom stereocenters. The van der Waals surface area contributed by atoms with Crippen LogP contribution in [0, 0.1) is 0 Å². The van der Waals surface area contributed by atoms with Gasteiger partial charge in [0.1, 0.15) is 0 Å². The van der Waals surface area contributed by atoms with Gasteiger partial charge in [0.05, 0.1) is 13.7 Å². The molecule has 0 bridgehead atoms. The number of hydrogen-bond acceptors (Lipinski definition) is 4. The zero-order valence-corrected chi connectivity index (χ0v) is 11.9. The molecule has 1 aromatic carbocycles. The van der Waals surface area contributed by atoms with Crippen LogP contribution in [0.15, 0.2) is 24.3 Å². The smallest absolute Gasteiger partial charge is 0.305 e. The zero-order chi connectivity index (χ0) is 15.0. The van der Waals surface area contributed by atoms with Gasteiger partial charge in [-0.2, -0.15) is 0 Å². The fraction of sp³-hybridized carbons (Fsp3) is 0.467. The number of hydrogen-bond donors (Lipinski definition) is 2. The lowest BCUT2D eigenvalue weighted by atomic mass is 10.0. The van der Waals surface area contributed by atoms with Crippen molar-refractivity contribution in [2.24, 2.45) is 0 Å². The summed E-state index contributed by atoms with van der Waals surface area (Å²) in [7, 11) is 1.37. The van der Waals surface area contributed by atoms with E-state index in [1.165, 1.54) is 7.11 Å². The second-order valence-electron chi connectivity index (χ2n) is 4.69. The van der Waals surface area contributed by atoms with Gasteiger partial charge in [0, 0.05) is 18.0 Å². The summed E-state index contributed by atoms with van der Waals surface area (Å²) >= 11 is 0. The van der Waals surface area contributed by atoms with E-state index >= 15 is 0 Å². The number of carbonyl (C=O) groups is 2. The second-order valence-corrected chi connectivity index (χ2v) is 4.69. The molecule has 0 aliphatic heterocycles. The highest BCUT2D eigenvalue weighted by Crippen LogP contribution is 2.09. The first-order valence-electron chi connectivity index (χ1n) is 6.64. The number of amides is 1. The SMILES string of the molecule is COC(=O)CCCc1cccc(C(=O)NC(C)CO)c1. The normalized spacial score (nSPS) is 11.8. The fourth-order valence-electron chi connectivity index (χ4n) is 1.76. The van der Waals surface area contributed by atoms with Crippen LogP contribution in [0.5, 0.6) is 0 Å². The van der Waals surface area contributed by atoms with Crippen molar-refractivity contribution in [1.29, 1.82) is 0 Å². The summed E-state index contributed by atoms with van der Waals surface area (Å²) in [6.07, 6.45) is 1.77. The van der Waals surface area contributed by atoms with Crippen LogP contribution in [-0.4, -0.2) is 36.7 Å². The van der Waals surface area contributed by atoms with Gasteiger partial charge in [-0.25, -0.2) is 0 Å². The maximum Gasteiger partial charge on any atom is 0.305 e. The molecule has 0 aliphatic rings. The number of benzene rings is 1. The molecular formula is C15H21NO4. The lowest BCUT2D eigenvalue weighted by molar-refractivity contribution is -0.140. The molecule has 0 radical (unpaired) electrons. The molecule has 1 aromatic rings. The van der Waals surface area contributed by atoms with Gasteiger partial charge in [0.15, 0.2) is 0 Å². The maximum absolute atomic E-state index is 11.9. The summed E-state index contributed by atoms with van der Waals surface area (Å²) in [5.74, 6) is -0.433. The Hall–Kier alpha value is -1.88. The summed E-state index contributed by atoms with van der Waals surface area (Å²) < 4.78 is 4.58. The first-order valence-corrected chi connectivity index (χ1v) is 6.64. The predicted octanol–water partition coefficient (Wildman–Crippen LogP) is 1.29. The highest BCUT2D eigenvalue weighted by Gasteiger charge is 2.09. The molecule has 0 spiro atoms. The number of aliphatic hydroxyl groups is 1. The molecule has 0 aliphatic carbocycles. The standard InChI is InChI=1S/C15H21NO4/c1-11(10-17)16-15(19)13-7-3-5-12(9-13)6-4-8-14(18)20-2/h3,5,7,9,11,17H,4,6,8,10H2,1-2H3,(H,16,19). The summed E-state index contributed by atoms with van der Waals surface area (Å²) in [4.78, 5) is 22.9. The van der Waals surface area contributed by atoms with Gasteiger partial charge in [0.25, 0.3) is 5.91 Å². The maximum atomic E-state index is 11.9. The Balaban J connectivity index is 2.57. The van der Waals surface area contributed by atoms with Crippen molar-refractivity contribution in [3.63, 3.8) is 0 Å². The van der Waals surface area contributed by atoms with Gasteiger partial charge in [-0.05, 0) is 37.5 Å². The number of ether oxygens (including phenoxy) is 1. The van der Waals surface area contributed by atoms with Gasteiger partial charge in [-0.1, -0.05) is 12.1 Å². The van der Waals surface area contributed by atoms with Crippen LogP contribution in [0.1, 0.15) is 35.7 Å². The predicted molar refractivity (Wildman–Crippen MR) is 75.4 cm³/mol. The van der Waals surface area contributed by atoms with E-state index in [0.29, 0.717) is 24.8 Å². The van der Waals surface area contributed by atoms with Crippen molar-refractivity contribution >= 4 is 11.9 Å². The van der Waals surface area contributed by atoms with E-state index in [-0.39, 0.29) is 24.5 Å². The topological polar surface area (TPSA) is 75.6 Å². The van der Waals surface area contributed by atoms with E-state index < -0.39 is 0 Å².